The van der Waals surface area contributed by atoms with E-state index in [0.29, 0.717) is 39.6 Å². The van der Waals surface area contributed by atoms with E-state index in [1.807, 2.05) is 13.8 Å². The summed E-state index contributed by atoms with van der Waals surface area (Å²) in [6, 6.07) is 0. The third kappa shape index (κ3) is 4.75. The highest BCUT2D eigenvalue weighted by atomic mass is 31.2. The van der Waals surface area contributed by atoms with Crippen molar-refractivity contribution >= 4 is 17.2 Å². The molecule has 21 heavy (non-hydrogen) atoms. The van der Waals surface area contributed by atoms with Crippen molar-refractivity contribution in [1.29, 1.82) is 0 Å². The van der Waals surface area contributed by atoms with E-state index in [-0.39, 0.29) is 12.2 Å². The summed E-state index contributed by atoms with van der Waals surface area (Å²) in [7, 11) is -2.50. The Bertz CT molecular complexity index is 302. The van der Waals surface area contributed by atoms with E-state index >= 15 is 0 Å². The maximum atomic E-state index is 5.83. The van der Waals surface area contributed by atoms with Gasteiger partial charge in [0.2, 0.25) is 0 Å². The van der Waals surface area contributed by atoms with E-state index in [9.17, 15) is 0 Å². The van der Waals surface area contributed by atoms with Gasteiger partial charge in [0.25, 0.3) is 0 Å². The van der Waals surface area contributed by atoms with Crippen LogP contribution >= 0.6 is 17.2 Å². The molecule has 0 radical (unpaired) electrons. The molecule has 0 N–H and O–H groups in total. The van der Waals surface area contributed by atoms with Gasteiger partial charge in [0.05, 0.1) is 39.6 Å². The van der Waals surface area contributed by atoms with Crippen molar-refractivity contribution in [3.8, 4) is 0 Å². The second-order valence-electron chi connectivity index (χ2n) is 5.08. The summed E-state index contributed by atoms with van der Waals surface area (Å²) in [5, 5.41) is 0. The van der Waals surface area contributed by atoms with Crippen molar-refractivity contribution in [1.82, 2.24) is 0 Å². The number of hydrogen-bond acceptors (Lipinski definition) is 8. The first-order chi connectivity index (χ1) is 10.1. The van der Waals surface area contributed by atoms with Crippen LogP contribution in [-0.2, 0) is 36.6 Å². The quantitative estimate of drug-likeness (QED) is 0.680. The van der Waals surface area contributed by atoms with E-state index in [1.54, 1.807) is 0 Å². The Kier molecular flexibility index (Phi) is 5.78. The maximum absolute atomic E-state index is 5.83. The van der Waals surface area contributed by atoms with Crippen molar-refractivity contribution in [3.05, 3.63) is 0 Å². The van der Waals surface area contributed by atoms with Crippen molar-refractivity contribution < 1.29 is 36.6 Å². The fraction of sp³-hybridized carbons (Fsp3) is 1.00. The molecular formula is C11H20O8P2. The summed E-state index contributed by atoms with van der Waals surface area (Å²) < 4.78 is 44.0. The lowest BCUT2D eigenvalue weighted by molar-refractivity contribution is -0.150. The summed E-state index contributed by atoms with van der Waals surface area (Å²) in [4.78, 5) is 0. The minimum Gasteiger partial charge on any atom is -0.342 e. The number of hydrogen-bond donors (Lipinski definition) is 0. The Balaban J connectivity index is 1.46. The number of ether oxygens (including phenoxy) is 2. The van der Waals surface area contributed by atoms with Gasteiger partial charge in [0.15, 0.2) is 5.79 Å². The van der Waals surface area contributed by atoms with Gasteiger partial charge in [0.1, 0.15) is 12.2 Å². The SMILES string of the molecule is CC1(C)OC(COP2OCCO2)[C@H](COP2OCCO2)O1. The van der Waals surface area contributed by atoms with Crippen LogP contribution in [0.15, 0.2) is 0 Å². The average Bonchev–Trinajstić information content (AvgIpc) is 3.15. The van der Waals surface area contributed by atoms with Crippen molar-refractivity contribution in [2.75, 3.05) is 39.6 Å². The van der Waals surface area contributed by atoms with Crippen LogP contribution < -0.4 is 0 Å². The lowest BCUT2D eigenvalue weighted by Gasteiger charge is -2.18. The molecule has 0 aromatic rings. The predicted octanol–water partition coefficient (Wildman–Crippen LogP) is 2.09. The van der Waals surface area contributed by atoms with Gasteiger partial charge in [-0.3, -0.25) is 0 Å². The van der Waals surface area contributed by atoms with Crippen LogP contribution in [0.25, 0.3) is 0 Å². The highest BCUT2D eigenvalue weighted by Crippen LogP contribution is 2.46. The second-order valence-corrected chi connectivity index (χ2v) is 7.53. The Hall–Kier alpha value is 0.540. The fourth-order valence-electron chi connectivity index (χ4n) is 2.13. The van der Waals surface area contributed by atoms with E-state index in [0.717, 1.165) is 0 Å². The van der Waals surface area contributed by atoms with Gasteiger partial charge < -0.3 is 36.6 Å². The highest BCUT2D eigenvalue weighted by Gasteiger charge is 2.43. The van der Waals surface area contributed by atoms with Gasteiger partial charge >= 0.3 is 17.2 Å². The van der Waals surface area contributed by atoms with Crippen LogP contribution in [0.1, 0.15) is 13.8 Å². The molecule has 0 spiro atoms. The largest absolute Gasteiger partial charge is 0.342 e. The molecule has 0 bridgehead atoms. The first kappa shape index (κ1) is 16.4. The van der Waals surface area contributed by atoms with Gasteiger partial charge in [-0.25, -0.2) is 0 Å². The molecule has 0 amide bonds. The molecule has 122 valence electrons. The van der Waals surface area contributed by atoms with Crippen molar-refractivity contribution in [2.45, 2.75) is 31.8 Å². The molecule has 3 aliphatic rings. The molecule has 3 aliphatic heterocycles. The Morgan fingerprint density at radius 3 is 1.57 bits per heavy atom. The summed E-state index contributed by atoms with van der Waals surface area (Å²) >= 11 is 0. The van der Waals surface area contributed by atoms with Crippen LogP contribution in [0.2, 0.25) is 0 Å². The molecule has 0 aliphatic carbocycles. The lowest BCUT2D eigenvalue weighted by atomic mass is 10.2. The molecule has 1 unspecified atom stereocenters. The molecule has 0 aromatic heterocycles. The Labute approximate surface area is 126 Å². The van der Waals surface area contributed by atoms with Crippen LogP contribution in [0.5, 0.6) is 0 Å². The molecule has 10 heteroatoms. The maximum Gasteiger partial charge on any atom is 0.332 e. The molecule has 3 rings (SSSR count). The summed E-state index contributed by atoms with van der Waals surface area (Å²) in [5.41, 5.74) is 0. The minimum absolute atomic E-state index is 0.243. The molecule has 3 saturated heterocycles. The van der Waals surface area contributed by atoms with Crippen LogP contribution in [0, 0.1) is 0 Å². The van der Waals surface area contributed by atoms with Crippen molar-refractivity contribution in [3.63, 3.8) is 0 Å². The first-order valence-electron chi connectivity index (χ1n) is 6.86. The smallest absolute Gasteiger partial charge is 0.332 e. The third-order valence-corrected chi connectivity index (χ3v) is 5.22. The zero-order valence-corrected chi connectivity index (χ0v) is 13.8. The molecule has 3 fully saturated rings. The first-order valence-corrected chi connectivity index (χ1v) is 9.05. The topological polar surface area (TPSA) is 73.8 Å². The highest BCUT2D eigenvalue weighted by molar-refractivity contribution is 7.42. The molecule has 8 nitrogen and oxygen atoms in total. The standard InChI is InChI=1S/C11H20O8P2/c1-11(2)18-9(7-16-20-12-3-4-13-20)10(19-11)8-17-21-14-5-6-15-21/h9-10H,3-8H2,1-2H3/t9-,10?/m0/s1. The van der Waals surface area contributed by atoms with E-state index in [4.69, 9.17) is 36.6 Å². The van der Waals surface area contributed by atoms with Gasteiger partial charge in [-0.1, -0.05) is 0 Å². The summed E-state index contributed by atoms with van der Waals surface area (Å²) in [6.45, 7) is 6.69. The van der Waals surface area contributed by atoms with Gasteiger partial charge in [-0.05, 0) is 13.8 Å². The average molecular weight is 342 g/mol. The van der Waals surface area contributed by atoms with Gasteiger partial charge in [0, 0.05) is 0 Å². The number of rotatable bonds is 6. The molecule has 0 aromatic carbocycles. The normalized spacial score (nSPS) is 34.0. The Morgan fingerprint density at radius 2 is 1.19 bits per heavy atom. The van der Waals surface area contributed by atoms with E-state index in [1.165, 1.54) is 0 Å². The second kappa shape index (κ2) is 7.41. The minimum atomic E-state index is -1.25. The Morgan fingerprint density at radius 1 is 0.810 bits per heavy atom. The zero-order valence-electron chi connectivity index (χ0n) is 12.1. The monoisotopic (exact) mass is 342 g/mol. The van der Waals surface area contributed by atoms with Crippen LogP contribution in [-0.4, -0.2) is 57.6 Å². The predicted molar refractivity (Wildman–Crippen MR) is 73.4 cm³/mol. The molecule has 2 atom stereocenters. The zero-order chi connectivity index (χ0) is 14.7. The van der Waals surface area contributed by atoms with E-state index < -0.39 is 23.0 Å². The van der Waals surface area contributed by atoms with Crippen LogP contribution in [0.4, 0.5) is 0 Å². The van der Waals surface area contributed by atoms with Crippen molar-refractivity contribution in [2.24, 2.45) is 0 Å². The van der Waals surface area contributed by atoms with Crippen LogP contribution in [0.3, 0.4) is 0 Å². The third-order valence-electron chi connectivity index (χ3n) is 2.93. The van der Waals surface area contributed by atoms with Gasteiger partial charge in [-0.2, -0.15) is 0 Å². The molecule has 3 heterocycles. The fourth-order valence-corrected chi connectivity index (χ4v) is 4.01. The lowest BCUT2D eigenvalue weighted by Crippen LogP contribution is -2.30. The van der Waals surface area contributed by atoms with Gasteiger partial charge in [-0.15, -0.1) is 0 Å². The molecule has 0 saturated carbocycles. The molecular weight excluding hydrogens is 322 g/mol. The van der Waals surface area contributed by atoms with E-state index in [2.05, 4.69) is 0 Å². The summed E-state index contributed by atoms with van der Waals surface area (Å²) in [6.07, 6.45) is -0.485. The summed E-state index contributed by atoms with van der Waals surface area (Å²) in [5.74, 6) is -0.669.